The third-order valence-electron chi connectivity index (χ3n) is 4.97. The van der Waals surface area contributed by atoms with Crippen molar-refractivity contribution in [2.75, 3.05) is 20.3 Å². The molecule has 1 aliphatic heterocycles. The molecule has 1 aliphatic rings. The monoisotopic (exact) mass is 430 g/mol. The molecule has 1 aromatic carbocycles. The number of aryl methyl sites for hydroxylation is 1. The first-order chi connectivity index (χ1) is 14.7. The van der Waals surface area contributed by atoms with E-state index < -0.39 is 24.2 Å². The summed E-state index contributed by atoms with van der Waals surface area (Å²) in [6.07, 6.45) is -1.20. The Bertz CT molecular complexity index is 1020. The van der Waals surface area contributed by atoms with Crippen LogP contribution >= 0.6 is 0 Å². The number of likely N-dealkylation sites (tertiary alicyclic amines) is 1. The molecule has 3 rings (SSSR count). The van der Waals surface area contributed by atoms with E-state index in [9.17, 15) is 14.7 Å². The molecule has 2 aromatic rings. The number of fused-ring (bicyclic) bond motifs is 1. The van der Waals surface area contributed by atoms with Gasteiger partial charge in [-0.2, -0.15) is 0 Å². The highest BCUT2D eigenvalue weighted by atomic mass is 16.6. The molecular weight excluding hydrogens is 404 g/mol. The molecule has 0 spiro atoms. The number of rotatable bonds is 7. The van der Waals surface area contributed by atoms with Gasteiger partial charge < -0.3 is 24.1 Å². The van der Waals surface area contributed by atoms with Crippen molar-refractivity contribution >= 4 is 23.0 Å². The summed E-state index contributed by atoms with van der Waals surface area (Å²) in [5.41, 5.74) is 1.49. The Kier molecular flexibility index (Phi) is 6.53. The number of amides is 1. The average Bonchev–Trinajstić information content (AvgIpc) is 3.13. The summed E-state index contributed by atoms with van der Waals surface area (Å²) in [7, 11) is 1.58. The quantitative estimate of drug-likeness (QED) is 0.665. The summed E-state index contributed by atoms with van der Waals surface area (Å²) in [5.74, 6) is 0.612. The number of carbonyl (C=O) groups excluding carboxylic acids is 1. The molecule has 31 heavy (non-hydrogen) atoms. The van der Waals surface area contributed by atoms with Crippen LogP contribution in [0.4, 0.5) is 4.79 Å². The van der Waals surface area contributed by atoms with Crippen LogP contribution in [0.15, 0.2) is 30.5 Å². The fourth-order valence-electron chi connectivity index (χ4n) is 3.60. The van der Waals surface area contributed by atoms with Gasteiger partial charge in [-0.15, -0.1) is 0 Å². The second-order valence-electron chi connectivity index (χ2n) is 7.23. The first-order valence-electron chi connectivity index (χ1n) is 9.89. The molecule has 0 saturated carbocycles. The highest BCUT2D eigenvalue weighted by Gasteiger charge is 2.42. The van der Waals surface area contributed by atoms with Crippen LogP contribution in [-0.4, -0.2) is 59.5 Å². The van der Waals surface area contributed by atoms with E-state index in [2.05, 4.69) is 11.6 Å². The number of carboxylic acids is 1. The number of methoxy groups -OCH3 is 1. The molecular formula is C22H26N2O7. The Labute approximate surface area is 180 Å². The maximum absolute atomic E-state index is 12.3. The molecule has 2 atom stereocenters. The van der Waals surface area contributed by atoms with Crippen molar-refractivity contribution in [2.24, 2.45) is 0 Å². The predicted octanol–water partition coefficient (Wildman–Crippen LogP) is 3.53. The lowest BCUT2D eigenvalue weighted by atomic mass is 10.1. The number of ether oxygens (including phenoxy) is 4. The summed E-state index contributed by atoms with van der Waals surface area (Å²) in [5, 5.41) is 10.3. The minimum atomic E-state index is -1.13. The van der Waals surface area contributed by atoms with Gasteiger partial charge >= 0.3 is 12.1 Å². The number of hydrogen-bond donors (Lipinski definition) is 1. The summed E-state index contributed by atoms with van der Waals surface area (Å²) >= 11 is 0. The number of pyridine rings is 1. The second-order valence-corrected chi connectivity index (χ2v) is 7.23. The predicted molar refractivity (Wildman–Crippen MR) is 113 cm³/mol. The molecule has 1 aromatic heterocycles. The lowest BCUT2D eigenvalue weighted by Gasteiger charge is -2.20. The second kappa shape index (κ2) is 9.11. The van der Waals surface area contributed by atoms with Crippen molar-refractivity contribution < 1.29 is 33.6 Å². The molecule has 1 fully saturated rings. The Hall–Kier alpha value is -3.49. The zero-order chi connectivity index (χ0) is 22.7. The van der Waals surface area contributed by atoms with Crippen LogP contribution < -0.4 is 14.2 Å². The van der Waals surface area contributed by atoms with E-state index in [1.807, 2.05) is 26.0 Å². The molecule has 9 nitrogen and oxygen atoms in total. The number of benzene rings is 1. The number of carbonyl (C=O) groups is 2. The largest absolute Gasteiger partial charge is 0.496 e. The number of aromatic nitrogens is 1. The number of aliphatic carboxylic acids is 1. The van der Waals surface area contributed by atoms with Gasteiger partial charge in [-0.05, 0) is 32.9 Å². The van der Waals surface area contributed by atoms with E-state index in [0.29, 0.717) is 29.5 Å². The Morgan fingerprint density at radius 1 is 1.32 bits per heavy atom. The third-order valence-corrected chi connectivity index (χ3v) is 4.97. The molecule has 1 saturated heterocycles. The van der Waals surface area contributed by atoms with E-state index in [0.717, 1.165) is 15.8 Å². The molecule has 2 heterocycles. The SMILES string of the molecule is C=C(C)OC(=O)N1C[C@H](Oc2cc(OCC)nc3c(C)c(OC)ccc23)C[C@H]1C(=O)O. The molecule has 0 unspecified atom stereocenters. The van der Waals surface area contributed by atoms with Gasteiger partial charge in [-0.25, -0.2) is 14.6 Å². The van der Waals surface area contributed by atoms with Crippen molar-refractivity contribution in [1.82, 2.24) is 9.88 Å². The zero-order valence-electron chi connectivity index (χ0n) is 18.0. The fourth-order valence-corrected chi connectivity index (χ4v) is 3.60. The first kappa shape index (κ1) is 22.2. The van der Waals surface area contributed by atoms with Crippen molar-refractivity contribution in [3.63, 3.8) is 0 Å². The topological polar surface area (TPSA) is 107 Å². The highest BCUT2D eigenvalue weighted by molar-refractivity contribution is 5.90. The van der Waals surface area contributed by atoms with E-state index in [4.69, 9.17) is 18.9 Å². The van der Waals surface area contributed by atoms with Crippen LogP contribution in [0, 0.1) is 6.92 Å². The third kappa shape index (κ3) is 4.65. The minimum Gasteiger partial charge on any atom is -0.496 e. The average molecular weight is 430 g/mol. The van der Waals surface area contributed by atoms with Crippen LogP contribution in [0.1, 0.15) is 25.8 Å². The highest BCUT2D eigenvalue weighted by Crippen LogP contribution is 2.36. The normalized spacial score (nSPS) is 18.0. The number of carboxylic acid groups (broad SMARTS) is 1. The number of hydrogen-bond acceptors (Lipinski definition) is 7. The summed E-state index contributed by atoms with van der Waals surface area (Å²) in [6, 6.07) is 4.26. The van der Waals surface area contributed by atoms with Crippen molar-refractivity contribution in [3.8, 4) is 17.4 Å². The van der Waals surface area contributed by atoms with Crippen LogP contribution in [-0.2, 0) is 9.53 Å². The molecule has 9 heteroatoms. The van der Waals surface area contributed by atoms with E-state index in [1.165, 1.54) is 6.92 Å². The summed E-state index contributed by atoms with van der Waals surface area (Å²) < 4.78 is 22.2. The zero-order valence-corrected chi connectivity index (χ0v) is 18.0. The number of nitrogens with zero attached hydrogens (tertiary/aromatic N) is 2. The molecule has 0 aliphatic carbocycles. The lowest BCUT2D eigenvalue weighted by molar-refractivity contribution is -0.141. The number of allylic oxidation sites excluding steroid dienone is 1. The molecule has 0 bridgehead atoms. The van der Waals surface area contributed by atoms with Crippen LogP contribution in [0.2, 0.25) is 0 Å². The summed E-state index contributed by atoms with van der Waals surface area (Å²) in [4.78, 5) is 29.7. The van der Waals surface area contributed by atoms with Gasteiger partial charge in [0, 0.05) is 23.4 Å². The fraction of sp³-hybridized carbons (Fsp3) is 0.409. The maximum Gasteiger partial charge on any atom is 0.415 e. The lowest BCUT2D eigenvalue weighted by Crippen LogP contribution is -2.40. The Morgan fingerprint density at radius 2 is 2.06 bits per heavy atom. The van der Waals surface area contributed by atoms with E-state index in [1.54, 1.807) is 13.2 Å². The van der Waals surface area contributed by atoms with Gasteiger partial charge in [-0.3, -0.25) is 4.90 Å². The molecule has 0 radical (unpaired) electrons. The van der Waals surface area contributed by atoms with Gasteiger partial charge in [0.1, 0.15) is 23.6 Å². The van der Waals surface area contributed by atoms with Crippen molar-refractivity contribution in [2.45, 2.75) is 39.3 Å². The van der Waals surface area contributed by atoms with Crippen LogP contribution in [0.3, 0.4) is 0 Å². The van der Waals surface area contributed by atoms with Crippen LogP contribution in [0.5, 0.6) is 17.4 Å². The molecule has 166 valence electrons. The van der Waals surface area contributed by atoms with Crippen LogP contribution in [0.25, 0.3) is 10.9 Å². The first-order valence-corrected chi connectivity index (χ1v) is 9.89. The van der Waals surface area contributed by atoms with E-state index in [-0.39, 0.29) is 18.7 Å². The molecule has 1 N–H and O–H groups in total. The standard InChI is InChI=1S/C22H26N2O7/c1-6-29-19-10-18(15-7-8-17(28-5)13(4)20(15)23-19)31-14-9-16(21(25)26)24(11-14)22(27)30-12(2)3/h7-8,10,14,16H,2,6,9,11H2,1,3-5H3,(H,25,26)/t14-,16+/m1/s1. The van der Waals surface area contributed by atoms with Gasteiger partial charge in [0.05, 0.1) is 31.5 Å². The summed E-state index contributed by atoms with van der Waals surface area (Å²) in [6.45, 7) is 9.27. The van der Waals surface area contributed by atoms with Gasteiger partial charge in [0.15, 0.2) is 0 Å². The maximum atomic E-state index is 12.3. The van der Waals surface area contributed by atoms with Gasteiger partial charge in [0.2, 0.25) is 5.88 Å². The van der Waals surface area contributed by atoms with Gasteiger partial charge in [-0.1, -0.05) is 6.58 Å². The minimum absolute atomic E-state index is 0.0615. The van der Waals surface area contributed by atoms with Crippen molar-refractivity contribution in [3.05, 3.63) is 36.1 Å². The molecule has 1 amide bonds. The van der Waals surface area contributed by atoms with Gasteiger partial charge in [0.25, 0.3) is 0 Å². The Balaban J connectivity index is 1.95. The smallest absolute Gasteiger partial charge is 0.415 e. The van der Waals surface area contributed by atoms with E-state index >= 15 is 0 Å². The van der Waals surface area contributed by atoms with Crippen molar-refractivity contribution in [1.29, 1.82) is 0 Å². The Morgan fingerprint density at radius 3 is 2.68 bits per heavy atom.